The van der Waals surface area contributed by atoms with Gasteiger partial charge in [-0.25, -0.2) is 4.98 Å². The predicted molar refractivity (Wildman–Crippen MR) is 93.4 cm³/mol. The molecule has 5 nitrogen and oxygen atoms in total. The fraction of sp³-hybridized carbons (Fsp3) is 0.333. The summed E-state index contributed by atoms with van der Waals surface area (Å²) in [5.41, 5.74) is 1.66. The number of aromatic nitrogens is 1. The van der Waals surface area contributed by atoms with Crippen LogP contribution in [-0.2, 0) is 6.54 Å². The van der Waals surface area contributed by atoms with Crippen molar-refractivity contribution in [3.63, 3.8) is 0 Å². The molecule has 0 spiro atoms. The highest BCUT2D eigenvalue weighted by Crippen LogP contribution is 2.18. The van der Waals surface area contributed by atoms with Crippen LogP contribution in [0.25, 0.3) is 0 Å². The van der Waals surface area contributed by atoms with E-state index in [-0.39, 0.29) is 11.9 Å². The Morgan fingerprint density at radius 3 is 2.92 bits per heavy atom. The molecule has 0 bridgehead atoms. The van der Waals surface area contributed by atoms with Crippen LogP contribution >= 0.6 is 11.6 Å². The Balaban J connectivity index is 1.53. The van der Waals surface area contributed by atoms with Crippen LogP contribution in [-0.4, -0.2) is 42.0 Å². The van der Waals surface area contributed by atoms with Crippen molar-refractivity contribution in [2.24, 2.45) is 0 Å². The van der Waals surface area contributed by atoms with Crippen molar-refractivity contribution in [3.8, 4) is 5.88 Å². The topological polar surface area (TPSA) is 54.5 Å². The average molecular weight is 346 g/mol. The third-order valence-corrected chi connectivity index (χ3v) is 4.47. The zero-order valence-electron chi connectivity index (χ0n) is 13.5. The highest BCUT2D eigenvalue weighted by molar-refractivity contribution is 6.33. The molecule has 1 unspecified atom stereocenters. The van der Waals surface area contributed by atoms with Crippen molar-refractivity contribution in [1.29, 1.82) is 0 Å². The molecule has 2 heterocycles. The van der Waals surface area contributed by atoms with E-state index in [9.17, 15) is 4.79 Å². The summed E-state index contributed by atoms with van der Waals surface area (Å²) >= 11 is 6.08. The van der Waals surface area contributed by atoms with E-state index < -0.39 is 0 Å². The van der Waals surface area contributed by atoms with Gasteiger partial charge < -0.3 is 10.1 Å². The van der Waals surface area contributed by atoms with Crippen LogP contribution in [0.15, 0.2) is 42.6 Å². The first-order valence-electron chi connectivity index (χ1n) is 7.92. The molecule has 1 aromatic carbocycles. The van der Waals surface area contributed by atoms with E-state index in [0.717, 1.165) is 31.6 Å². The lowest BCUT2D eigenvalue weighted by atomic mass is 10.2. The minimum absolute atomic E-state index is 0.112. The third kappa shape index (κ3) is 4.04. The van der Waals surface area contributed by atoms with Gasteiger partial charge in [-0.3, -0.25) is 9.69 Å². The molecule has 24 heavy (non-hydrogen) atoms. The minimum Gasteiger partial charge on any atom is -0.481 e. The van der Waals surface area contributed by atoms with Crippen molar-refractivity contribution < 1.29 is 9.53 Å². The number of carbonyl (C=O) groups is 1. The summed E-state index contributed by atoms with van der Waals surface area (Å²) in [7, 11) is 1.61. The van der Waals surface area contributed by atoms with E-state index in [1.54, 1.807) is 19.2 Å². The number of likely N-dealkylation sites (tertiary alicyclic amines) is 1. The second-order valence-electron chi connectivity index (χ2n) is 5.88. The normalized spacial score (nSPS) is 17.7. The Labute approximate surface area is 146 Å². The van der Waals surface area contributed by atoms with Crippen LogP contribution in [0.1, 0.15) is 22.3 Å². The lowest BCUT2D eigenvalue weighted by molar-refractivity contribution is 0.0938. The second-order valence-corrected chi connectivity index (χ2v) is 6.29. The monoisotopic (exact) mass is 345 g/mol. The van der Waals surface area contributed by atoms with Gasteiger partial charge in [0.1, 0.15) is 0 Å². The number of amides is 1. The molecule has 1 N–H and O–H groups in total. The Hall–Kier alpha value is -2.11. The zero-order chi connectivity index (χ0) is 16.9. The average Bonchev–Trinajstić information content (AvgIpc) is 3.02. The number of hydrogen-bond acceptors (Lipinski definition) is 4. The van der Waals surface area contributed by atoms with Crippen LogP contribution < -0.4 is 10.1 Å². The summed E-state index contributed by atoms with van der Waals surface area (Å²) in [4.78, 5) is 18.8. The van der Waals surface area contributed by atoms with Crippen molar-refractivity contribution in [2.45, 2.75) is 19.0 Å². The molecule has 0 radical (unpaired) electrons. The minimum atomic E-state index is -0.112. The number of benzene rings is 1. The molecule has 0 saturated carbocycles. The summed E-state index contributed by atoms with van der Waals surface area (Å²) in [5.74, 6) is 0.503. The van der Waals surface area contributed by atoms with E-state index >= 15 is 0 Å². The van der Waals surface area contributed by atoms with Crippen LogP contribution in [0.3, 0.4) is 0 Å². The molecule has 6 heteroatoms. The molecule has 1 saturated heterocycles. The van der Waals surface area contributed by atoms with E-state index in [1.165, 1.54) is 0 Å². The Morgan fingerprint density at radius 1 is 1.38 bits per heavy atom. The summed E-state index contributed by atoms with van der Waals surface area (Å²) in [6.45, 7) is 2.58. The highest BCUT2D eigenvalue weighted by atomic mass is 35.5. The molecule has 1 atom stereocenters. The molecule has 2 aromatic rings. The van der Waals surface area contributed by atoms with Gasteiger partial charge in [0.2, 0.25) is 5.88 Å². The molecule has 0 aliphatic carbocycles. The van der Waals surface area contributed by atoms with Gasteiger partial charge in [-0.1, -0.05) is 29.8 Å². The van der Waals surface area contributed by atoms with Gasteiger partial charge in [0.15, 0.2) is 0 Å². The quantitative estimate of drug-likeness (QED) is 0.905. The Morgan fingerprint density at radius 2 is 2.21 bits per heavy atom. The molecule has 1 aromatic heterocycles. The number of hydrogen-bond donors (Lipinski definition) is 1. The van der Waals surface area contributed by atoms with Gasteiger partial charge in [-0.15, -0.1) is 0 Å². The Bertz CT molecular complexity index is 706. The summed E-state index contributed by atoms with van der Waals surface area (Å²) in [5, 5.41) is 3.55. The molecular formula is C18H20ClN3O2. The lowest BCUT2D eigenvalue weighted by Crippen LogP contribution is -2.37. The maximum absolute atomic E-state index is 12.3. The van der Waals surface area contributed by atoms with Gasteiger partial charge in [0.05, 0.1) is 17.7 Å². The van der Waals surface area contributed by atoms with Crippen molar-refractivity contribution in [2.75, 3.05) is 20.2 Å². The number of halogens is 1. The van der Waals surface area contributed by atoms with E-state index in [4.69, 9.17) is 16.3 Å². The second kappa shape index (κ2) is 7.64. The SMILES string of the molecule is COc1ccc(CN2CCC(NC(=O)c3ccccc3Cl)C2)cn1. The van der Waals surface area contributed by atoms with Crippen LogP contribution in [0.2, 0.25) is 5.02 Å². The molecule has 1 fully saturated rings. The summed E-state index contributed by atoms with van der Waals surface area (Å²) in [6.07, 6.45) is 2.76. The van der Waals surface area contributed by atoms with E-state index in [1.807, 2.05) is 30.5 Å². The van der Waals surface area contributed by atoms with Gasteiger partial charge in [-0.2, -0.15) is 0 Å². The first-order valence-corrected chi connectivity index (χ1v) is 8.30. The zero-order valence-corrected chi connectivity index (χ0v) is 14.3. The molecule has 126 valence electrons. The fourth-order valence-corrected chi connectivity index (χ4v) is 3.11. The highest BCUT2D eigenvalue weighted by Gasteiger charge is 2.24. The molecule has 3 rings (SSSR count). The van der Waals surface area contributed by atoms with Gasteiger partial charge in [-0.05, 0) is 24.1 Å². The maximum Gasteiger partial charge on any atom is 0.253 e. The molecular weight excluding hydrogens is 326 g/mol. The van der Waals surface area contributed by atoms with Crippen molar-refractivity contribution >= 4 is 17.5 Å². The van der Waals surface area contributed by atoms with E-state index in [2.05, 4.69) is 15.2 Å². The number of nitrogens with zero attached hydrogens (tertiary/aromatic N) is 2. The number of pyridine rings is 1. The van der Waals surface area contributed by atoms with Crippen molar-refractivity contribution in [1.82, 2.24) is 15.2 Å². The van der Waals surface area contributed by atoms with Gasteiger partial charge >= 0.3 is 0 Å². The first kappa shape index (κ1) is 16.7. The van der Waals surface area contributed by atoms with Gasteiger partial charge in [0.25, 0.3) is 5.91 Å². The van der Waals surface area contributed by atoms with Crippen LogP contribution in [0.4, 0.5) is 0 Å². The maximum atomic E-state index is 12.3. The number of rotatable bonds is 5. The fourth-order valence-electron chi connectivity index (χ4n) is 2.89. The standard InChI is InChI=1S/C18H20ClN3O2/c1-24-17-7-6-13(10-20-17)11-22-9-8-14(12-22)21-18(23)15-4-2-3-5-16(15)19/h2-7,10,14H,8-9,11-12H2,1H3,(H,21,23). The number of carbonyl (C=O) groups excluding carboxylic acids is 1. The predicted octanol–water partition coefficient (Wildman–Crippen LogP) is 2.75. The molecule has 1 aliphatic rings. The smallest absolute Gasteiger partial charge is 0.253 e. The molecule has 1 aliphatic heterocycles. The van der Waals surface area contributed by atoms with Gasteiger partial charge in [0, 0.05) is 37.9 Å². The summed E-state index contributed by atoms with van der Waals surface area (Å²) in [6, 6.07) is 11.1. The van der Waals surface area contributed by atoms with E-state index in [0.29, 0.717) is 16.5 Å². The lowest BCUT2D eigenvalue weighted by Gasteiger charge is -2.17. The Kier molecular flexibility index (Phi) is 5.33. The third-order valence-electron chi connectivity index (χ3n) is 4.14. The van der Waals surface area contributed by atoms with Crippen LogP contribution in [0, 0.1) is 0 Å². The number of ether oxygens (including phenoxy) is 1. The molecule has 1 amide bonds. The number of nitrogens with one attached hydrogen (secondary N) is 1. The van der Waals surface area contributed by atoms with Crippen molar-refractivity contribution in [3.05, 3.63) is 58.7 Å². The van der Waals surface area contributed by atoms with Crippen LogP contribution in [0.5, 0.6) is 5.88 Å². The largest absolute Gasteiger partial charge is 0.481 e. The summed E-state index contributed by atoms with van der Waals surface area (Å²) < 4.78 is 5.07. The number of methoxy groups -OCH3 is 1. The first-order chi connectivity index (χ1) is 11.7.